The number of ether oxygens (including phenoxy) is 2. The SMILES string of the molecule is CC(C)(C)OC(=O)Nc1ccccc1C(=O)ON1COCCCC1=O. The second-order valence-electron chi connectivity index (χ2n) is 6.46. The van der Waals surface area contributed by atoms with Gasteiger partial charge in [-0.05, 0) is 39.3 Å². The fourth-order valence-electron chi connectivity index (χ4n) is 2.08. The summed E-state index contributed by atoms with van der Waals surface area (Å²) >= 11 is 0. The van der Waals surface area contributed by atoms with Crippen molar-refractivity contribution in [1.29, 1.82) is 0 Å². The topological polar surface area (TPSA) is 94.2 Å². The van der Waals surface area contributed by atoms with Gasteiger partial charge in [0, 0.05) is 13.0 Å². The molecule has 8 nitrogen and oxygen atoms in total. The summed E-state index contributed by atoms with van der Waals surface area (Å²) in [6.07, 6.45) is 0.122. The van der Waals surface area contributed by atoms with Crippen LogP contribution in [0, 0.1) is 0 Å². The van der Waals surface area contributed by atoms with Crippen LogP contribution in [0.3, 0.4) is 0 Å². The standard InChI is InChI=1S/C17H22N2O6/c1-17(2,3)24-16(22)18-13-8-5-4-7-12(13)15(21)25-19-11-23-10-6-9-14(19)20/h4-5,7-8H,6,9-11H2,1-3H3,(H,18,22). The molecule has 1 aromatic carbocycles. The molecule has 1 heterocycles. The molecule has 1 saturated heterocycles. The van der Waals surface area contributed by atoms with Crippen molar-refractivity contribution in [2.24, 2.45) is 0 Å². The number of rotatable bonds is 3. The first-order valence-electron chi connectivity index (χ1n) is 7.96. The summed E-state index contributed by atoms with van der Waals surface area (Å²) in [5, 5.41) is 3.40. The maximum absolute atomic E-state index is 12.4. The molecule has 0 aliphatic carbocycles. The highest BCUT2D eigenvalue weighted by Gasteiger charge is 2.24. The Hall–Kier alpha value is -2.61. The molecule has 1 aliphatic rings. The number of nitrogens with zero attached hydrogens (tertiary/aromatic N) is 1. The number of carbonyl (C=O) groups excluding carboxylic acids is 3. The number of hydroxylamine groups is 2. The van der Waals surface area contributed by atoms with Crippen molar-refractivity contribution >= 4 is 23.7 Å². The molecule has 2 amide bonds. The van der Waals surface area contributed by atoms with Crippen molar-refractivity contribution in [3.63, 3.8) is 0 Å². The smallest absolute Gasteiger partial charge is 0.412 e. The van der Waals surface area contributed by atoms with E-state index in [0.29, 0.717) is 13.0 Å². The lowest BCUT2D eigenvalue weighted by molar-refractivity contribution is -0.183. The van der Waals surface area contributed by atoms with Crippen LogP contribution < -0.4 is 5.32 Å². The van der Waals surface area contributed by atoms with Crippen LogP contribution >= 0.6 is 0 Å². The maximum Gasteiger partial charge on any atom is 0.412 e. The van der Waals surface area contributed by atoms with E-state index in [1.165, 1.54) is 6.07 Å². The monoisotopic (exact) mass is 350 g/mol. The second-order valence-corrected chi connectivity index (χ2v) is 6.46. The van der Waals surface area contributed by atoms with Crippen molar-refractivity contribution < 1.29 is 28.7 Å². The minimum atomic E-state index is -0.773. The fraction of sp³-hybridized carbons (Fsp3) is 0.471. The molecule has 8 heteroatoms. The van der Waals surface area contributed by atoms with E-state index in [-0.39, 0.29) is 30.3 Å². The van der Waals surface area contributed by atoms with Crippen LogP contribution in [-0.2, 0) is 19.1 Å². The maximum atomic E-state index is 12.4. The first-order chi connectivity index (χ1) is 11.8. The molecule has 136 valence electrons. The third-order valence-corrected chi connectivity index (χ3v) is 3.14. The molecule has 2 rings (SSSR count). The van der Waals surface area contributed by atoms with Gasteiger partial charge in [-0.15, -0.1) is 5.06 Å². The van der Waals surface area contributed by atoms with Crippen molar-refractivity contribution in [3.8, 4) is 0 Å². The summed E-state index contributed by atoms with van der Waals surface area (Å²) < 4.78 is 10.4. The summed E-state index contributed by atoms with van der Waals surface area (Å²) in [7, 11) is 0. The number of benzene rings is 1. The summed E-state index contributed by atoms with van der Waals surface area (Å²) in [5.41, 5.74) is -0.342. The largest absolute Gasteiger partial charge is 0.444 e. The number of anilines is 1. The zero-order chi connectivity index (χ0) is 18.4. The van der Waals surface area contributed by atoms with Gasteiger partial charge < -0.3 is 14.3 Å². The van der Waals surface area contributed by atoms with E-state index < -0.39 is 17.7 Å². The third kappa shape index (κ3) is 5.75. The van der Waals surface area contributed by atoms with Crippen LogP contribution in [0.5, 0.6) is 0 Å². The van der Waals surface area contributed by atoms with Crippen LogP contribution in [0.15, 0.2) is 24.3 Å². The Morgan fingerprint density at radius 2 is 1.96 bits per heavy atom. The van der Waals surface area contributed by atoms with Crippen LogP contribution in [0.4, 0.5) is 10.5 Å². The molecule has 25 heavy (non-hydrogen) atoms. The molecule has 0 unspecified atom stereocenters. The van der Waals surface area contributed by atoms with Crippen molar-refractivity contribution in [1.82, 2.24) is 5.06 Å². The zero-order valence-electron chi connectivity index (χ0n) is 14.5. The number of carbonyl (C=O) groups is 3. The Labute approximate surface area is 146 Å². The van der Waals surface area contributed by atoms with Gasteiger partial charge in [-0.3, -0.25) is 10.1 Å². The van der Waals surface area contributed by atoms with E-state index in [0.717, 1.165) is 5.06 Å². The minimum Gasteiger partial charge on any atom is -0.444 e. The van der Waals surface area contributed by atoms with E-state index >= 15 is 0 Å². The average molecular weight is 350 g/mol. The lowest BCUT2D eigenvalue weighted by atomic mass is 10.2. The van der Waals surface area contributed by atoms with Gasteiger partial charge in [0.15, 0.2) is 6.73 Å². The van der Waals surface area contributed by atoms with Crippen molar-refractivity contribution in [2.75, 3.05) is 18.7 Å². The van der Waals surface area contributed by atoms with E-state index in [1.807, 2.05) is 0 Å². The average Bonchev–Trinajstić information content (AvgIpc) is 2.71. The van der Waals surface area contributed by atoms with Gasteiger partial charge >= 0.3 is 12.1 Å². The Morgan fingerprint density at radius 3 is 2.68 bits per heavy atom. The predicted molar refractivity (Wildman–Crippen MR) is 88.6 cm³/mol. The molecule has 0 saturated carbocycles. The summed E-state index contributed by atoms with van der Waals surface area (Å²) in [5.74, 6) is -1.10. The number of hydrogen-bond acceptors (Lipinski definition) is 6. The summed E-state index contributed by atoms with van der Waals surface area (Å²) in [6, 6.07) is 6.31. The van der Waals surface area contributed by atoms with Gasteiger partial charge in [0.2, 0.25) is 0 Å². The molecule has 0 bridgehead atoms. The molecule has 0 atom stereocenters. The number of amides is 2. The van der Waals surface area contributed by atoms with Gasteiger partial charge in [0.05, 0.1) is 11.3 Å². The van der Waals surface area contributed by atoms with Crippen LogP contribution in [0.25, 0.3) is 0 Å². The van der Waals surface area contributed by atoms with Crippen LogP contribution in [-0.4, -0.2) is 42.0 Å². The quantitative estimate of drug-likeness (QED) is 0.901. The van der Waals surface area contributed by atoms with E-state index in [9.17, 15) is 14.4 Å². The first kappa shape index (κ1) is 18.7. The summed E-state index contributed by atoms with van der Waals surface area (Å²) in [4.78, 5) is 41.3. The van der Waals surface area contributed by atoms with Crippen LogP contribution in [0.1, 0.15) is 44.0 Å². The molecule has 1 fully saturated rings. The Morgan fingerprint density at radius 1 is 1.24 bits per heavy atom. The molecule has 1 aromatic rings. The van der Waals surface area contributed by atoms with Crippen LogP contribution in [0.2, 0.25) is 0 Å². The fourth-order valence-corrected chi connectivity index (χ4v) is 2.08. The highest BCUT2D eigenvalue weighted by atomic mass is 16.7. The van der Waals surface area contributed by atoms with Gasteiger partial charge in [-0.25, -0.2) is 9.59 Å². The lowest BCUT2D eigenvalue weighted by Gasteiger charge is -2.21. The van der Waals surface area contributed by atoms with Gasteiger partial charge in [0.25, 0.3) is 5.91 Å². The van der Waals surface area contributed by atoms with E-state index in [2.05, 4.69) is 5.32 Å². The molecular weight excluding hydrogens is 328 g/mol. The zero-order valence-corrected chi connectivity index (χ0v) is 14.5. The van der Waals surface area contributed by atoms with Gasteiger partial charge in [-0.1, -0.05) is 12.1 Å². The Kier molecular flexibility index (Phi) is 5.97. The predicted octanol–water partition coefficient (Wildman–Crippen LogP) is 2.70. The molecule has 1 N–H and O–H groups in total. The molecule has 1 aliphatic heterocycles. The van der Waals surface area contributed by atoms with E-state index in [4.69, 9.17) is 14.3 Å². The third-order valence-electron chi connectivity index (χ3n) is 3.14. The second kappa shape index (κ2) is 7.98. The lowest BCUT2D eigenvalue weighted by Crippen LogP contribution is -2.34. The molecule has 0 radical (unpaired) electrons. The molecule has 0 aromatic heterocycles. The first-order valence-corrected chi connectivity index (χ1v) is 7.96. The summed E-state index contributed by atoms with van der Waals surface area (Å²) in [6.45, 7) is 5.51. The Balaban J connectivity index is 2.09. The number of hydrogen-bond donors (Lipinski definition) is 1. The number of nitrogens with one attached hydrogen (secondary N) is 1. The molecular formula is C17H22N2O6. The Bertz CT molecular complexity index is 653. The van der Waals surface area contributed by atoms with E-state index in [1.54, 1.807) is 39.0 Å². The molecule has 0 spiro atoms. The normalized spacial score (nSPS) is 15.3. The van der Waals surface area contributed by atoms with Gasteiger partial charge in [-0.2, -0.15) is 0 Å². The van der Waals surface area contributed by atoms with Crippen molar-refractivity contribution in [2.45, 2.75) is 39.2 Å². The number of para-hydroxylation sites is 1. The van der Waals surface area contributed by atoms with Crippen molar-refractivity contribution in [3.05, 3.63) is 29.8 Å². The van der Waals surface area contributed by atoms with Gasteiger partial charge in [0.1, 0.15) is 5.60 Å². The minimum absolute atomic E-state index is 0.102. The highest BCUT2D eigenvalue weighted by Crippen LogP contribution is 2.19. The highest BCUT2D eigenvalue weighted by molar-refractivity contribution is 6.00.